The van der Waals surface area contributed by atoms with Crippen LogP contribution in [-0.4, -0.2) is 0 Å². The predicted molar refractivity (Wildman–Crippen MR) is 73.6 cm³/mol. The van der Waals surface area contributed by atoms with Crippen LogP contribution in [0.4, 0.5) is 0 Å². The third-order valence-corrected chi connectivity index (χ3v) is 3.61. The van der Waals surface area contributed by atoms with Crippen LogP contribution in [0, 0.1) is 5.41 Å². The van der Waals surface area contributed by atoms with Gasteiger partial charge in [-0.05, 0) is 35.0 Å². The molecule has 0 bridgehead atoms. The molecule has 0 heteroatoms. The second kappa shape index (κ2) is 3.73. The van der Waals surface area contributed by atoms with Crippen LogP contribution in [0.15, 0.2) is 59.7 Å². The van der Waals surface area contributed by atoms with Crippen molar-refractivity contribution >= 4 is 5.57 Å². The molecule has 0 unspecified atom stereocenters. The Kier molecular flexibility index (Phi) is 2.32. The Balaban J connectivity index is 2.12. The fourth-order valence-electron chi connectivity index (χ4n) is 2.92. The van der Waals surface area contributed by atoms with Gasteiger partial charge in [-0.3, -0.25) is 0 Å². The molecule has 0 spiro atoms. The van der Waals surface area contributed by atoms with Gasteiger partial charge < -0.3 is 0 Å². The monoisotopic (exact) mass is 222 g/mol. The van der Waals surface area contributed by atoms with E-state index in [1.165, 1.54) is 23.1 Å². The summed E-state index contributed by atoms with van der Waals surface area (Å²) >= 11 is 0. The van der Waals surface area contributed by atoms with Crippen LogP contribution in [-0.2, 0) is 0 Å². The Morgan fingerprint density at radius 1 is 1.06 bits per heavy atom. The number of hydrogen-bond donors (Lipinski definition) is 0. The molecule has 0 aromatic heterocycles. The molecular formula is C17H18. The smallest absolute Gasteiger partial charge is 0.0126 e. The van der Waals surface area contributed by atoms with Crippen molar-refractivity contribution in [2.75, 3.05) is 0 Å². The number of rotatable bonds is 1. The van der Waals surface area contributed by atoms with E-state index in [1.54, 1.807) is 5.57 Å². The van der Waals surface area contributed by atoms with Gasteiger partial charge >= 0.3 is 0 Å². The molecule has 1 aromatic rings. The Morgan fingerprint density at radius 2 is 1.82 bits per heavy atom. The molecule has 0 heterocycles. The lowest BCUT2D eigenvalue weighted by Crippen LogP contribution is -2.14. The van der Waals surface area contributed by atoms with Gasteiger partial charge in [0.2, 0.25) is 0 Å². The normalized spacial score (nSPS) is 21.4. The summed E-state index contributed by atoms with van der Waals surface area (Å²) in [6, 6.07) is 10.7. The van der Waals surface area contributed by atoms with Gasteiger partial charge in [0, 0.05) is 0 Å². The summed E-state index contributed by atoms with van der Waals surface area (Å²) in [5.74, 6) is 0. The van der Waals surface area contributed by atoms with Gasteiger partial charge in [-0.25, -0.2) is 0 Å². The number of allylic oxidation sites excluding steroid dienone is 6. The highest BCUT2D eigenvalue weighted by molar-refractivity contribution is 5.85. The van der Waals surface area contributed by atoms with Crippen molar-refractivity contribution < 1.29 is 0 Å². The highest BCUT2D eigenvalue weighted by atomic mass is 14.3. The van der Waals surface area contributed by atoms with Crippen LogP contribution >= 0.6 is 0 Å². The lowest BCUT2D eigenvalue weighted by atomic mass is 9.75. The summed E-state index contributed by atoms with van der Waals surface area (Å²) in [7, 11) is 0. The maximum Gasteiger partial charge on any atom is -0.0126 e. The Hall–Kier alpha value is -1.56. The zero-order chi connectivity index (χ0) is 11.9. The molecule has 1 aromatic carbocycles. The quantitative estimate of drug-likeness (QED) is 0.643. The fraction of sp³-hybridized carbons (Fsp3) is 0.294. The zero-order valence-corrected chi connectivity index (χ0v) is 10.5. The van der Waals surface area contributed by atoms with Gasteiger partial charge in [0.25, 0.3) is 0 Å². The summed E-state index contributed by atoms with van der Waals surface area (Å²) in [5, 5.41) is 0. The molecule has 2 aliphatic carbocycles. The van der Waals surface area contributed by atoms with E-state index in [0.29, 0.717) is 0 Å². The van der Waals surface area contributed by atoms with Crippen molar-refractivity contribution in [2.24, 2.45) is 5.41 Å². The largest absolute Gasteiger partial charge is 0.0798 e. The molecule has 2 aliphatic rings. The molecule has 0 atom stereocenters. The zero-order valence-electron chi connectivity index (χ0n) is 10.5. The van der Waals surface area contributed by atoms with Crippen LogP contribution in [0.2, 0.25) is 0 Å². The van der Waals surface area contributed by atoms with Crippen molar-refractivity contribution in [1.29, 1.82) is 0 Å². The molecular weight excluding hydrogens is 204 g/mol. The van der Waals surface area contributed by atoms with Gasteiger partial charge in [-0.1, -0.05) is 68.0 Å². The average molecular weight is 222 g/mol. The van der Waals surface area contributed by atoms with E-state index in [-0.39, 0.29) is 5.41 Å². The minimum absolute atomic E-state index is 0.288. The average Bonchev–Trinajstić information content (AvgIpc) is 2.75. The summed E-state index contributed by atoms with van der Waals surface area (Å²) < 4.78 is 0. The molecule has 3 rings (SSSR count). The molecule has 0 aliphatic heterocycles. The van der Waals surface area contributed by atoms with Gasteiger partial charge in [0.15, 0.2) is 0 Å². The first kappa shape index (κ1) is 10.6. The van der Waals surface area contributed by atoms with Crippen LogP contribution in [0.25, 0.3) is 5.57 Å². The van der Waals surface area contributed by atoms with Gasteiger partial charge in [-0.15, -0.1) is 0 Å². The van der Waals surface area contributed by atoms with Crippen LogP contribution in [0.3, 0.4) is 0 Å². The predicted octanol–water partition coefficient (Wildman–Crippen LogP) is 4.76. The molecule has 0 saturated carbocycles. The second-order valence-corrected chi connectivity index (χ2v) is 5.71. The van der Waals surface area contributed by atoms with E-state index in [4.69, 9.17) is 0 Å². The van der Waals surface area contributed by atoms with Crippen LogP contribution in [0.1, 0.15) is 32.3 Å². The van der Waals surface area contributed by atoms with Crippen molar-refractivity contribution in [3.8, 4) is 0 Å². The highest BCUT2D eigenvalue weighted by Crippen LogP contribution is 2.44. The molecule has 0 fully saturated rings. The lowest BCUT2D eigenvalue weighted by molar-refractivity contribution is 0.468. The Bertz CT molecular complexity index is 524. The Morgan fingerprint density at radius 3 is 2.59 bits per heavy atom. The highest BCUT2D eigenvalue weighted by Gasteiger charge is 2.27. The Labute approximate surface area is 103 Å². The number of hydrogen-bond acceptors (Lipinski definition) is 0. The molecule has 86 valence electrons. The fourth-order valence-corrected chi connectivity index (χ4v) is 2.92. The van der Waals surface area contributed by atoms with E-state index >= 15 is 0 Å². The molecule has 17 heavy (non-hydrogen) atoms. The summed E-state index contributed by atoms with van der Waals surface area (Å²) in [6.07, 6.45) is 9.37. The van der Waals surface area contributed by atoms with Gasteiger partial charge in [0.05, 0.1) is 0 Å². The molecule has 0 amide bonds. The first-order chi connectivity index (χ1) is 8.16. The van der Waals surface area contributed by atoms with Crippen molar-refractivity contribution in [2.45, 2.75) is 26.7 Å². The summed E-state index contributed by atoms with van der Waals surface area (Å²) in [4.78, 5) is 0. The standard InChI is InChI=1S/C17H18/c1-17(2)11-14-9-6-10-15(14)16(12-17)13-7-4-3-5-8-13/h3-8,10,12H,9,11H2,1-2H3. The molecule has 0 saturated heterocycles. The SMILES string of the molecule is CC1(C)C=C(c2ccccc2)C2=C(CC=C2)C1. The van der Waals surface area contributed by atoms with Gasteiger partial charge in [0.1, 0.15) is 0 Å². The van der Waals surface area contributed by atoms with Crippen LogP contribution in [0.5, 0.6) is 0 Å². The van der Waals surface area contributed by atoms with Gasteiger partial charge in [-0.2, -0.15) is 0 Å². The van der Waals surface area contributed by atoms with E-state index in [0.717, 1.165) is 6.42 Å². The first-order valence-electron chi connectivity index (χ1n) is 6.33. The molecule has 0 radical (unpaired) electrons. The second-order valence-electron chi connectivity index (χ2n) is 5.71. The van der Waals surface area contributed by atoms with E-state index in [9.17, 15) is 0 Å². The van der Waals surface area contributed by atoms with E-state index in [1.807, 2.05) is 0 Å². The van der Waals surface area contributed by atoms with Crippen LogP contribution < -0.4 is 0 Å². The van der Waals surface area contributed by atoms with Crippen molar-refractivity contribution in [3.05, 3.63) is 65.3 Å². The van der Waals surface area contributed by atoms with E-state index < -0.39 is 0 Å². The third-order valence-electron chi connectivity index (χ3n) is 3.61. The molecule has 0 nitrogen and oxygen atoms in total. The summed E-state index contributed by atoms with van der Waals surface area (Å²) in [6.45, 7) is 4.66. The first-order valence-corrected chi connectivity index (χ1v) is 6.33. The maximum absolute atomic E-state index is 2.44. The summed E-state index contributed by atoms with van der Waals surface area (Å²) in [5.41, 5.74) is 6.13. The minimum atomic E-state index is 0.288. The maximum atomic E-state index is 2.44. The third kappa shape index (κ3) is 1.88. The lowest BCUT2D eigenvalue weighted by Gasteiger charge is -2.29. The van der Waals surface area contributed by atoms with E-state index in [2.05, 4.69) is 62.4 Å². The minimum Gasteiger partial charge on any atom is -0.0798 e. The van der Waals surface area contributed by atoms with Crippen molar-refractivity contribution in [1.82, 2.24) is 0 Å². The number of benzene rings is 1. The van der Waals surface area contributed by atoms with Crippen molar-refractivity contribution in [3.63, 3.8) is 0 Å². The molecule has 0 N–H and O–H groups in total. The topological polar surface area (TPSA) is 0 Å².